The highest BCUT2D eigenvalue weighted by Gasteiger charge is 2.54. The van der Waals surface area contributed by atoms with Gasteiger partial charge >= 0.3 is 5.97 Å². The van der Waals surface area contributed by atoms with Gasteiger partial charge in [0.15, 0.2) is 11.6 Å². The van der Waals surface area contributed by atoms with E-state index in [9.17, 15) is 9.59 Å². The Morgan fingerprint density at radius 2 is 1.68 bits per heavy atom. The average Bonchev–Trinajstić information content (AvgIpc) is 3.55. The van der Waals surface area contributed by atoms with Crippen molar-refractivity contribution in [1.29, 1.82) is 0 Å². The first-order chi connectivity index (χ1) is 25.6. The number of aliphatic imine (C=N–C) groups is 1. The summed E-state index contributed by atoms with van der Waals surface area (Å²) in [6, 6.07) is 32.3. The van der Waals surface area contributed by atoms with Gasteiger partial charge in [-0.3, -0.25) is 15.0 Å². The van der Waals surface area contributed by atoms with Crippen LogP contribution in [-0.2, 0) is 32.2 Å². The van der Waals surface area contributed by atoms with Crippen LogP contribution in [0, 0.1) is 0 Å². The molecule has 1 amide bonds. The van der Waals surface area contributed by atoms with Crippen molar-refractivity contribution in [3.63, 3.8) is 0 Å². The maximum atomic E-state index is 14.7. The molecule has 5 rings (SSSR count). The molecular weight excluding hydrogens is 693 g/mol. The fraction of sp³-hybridized carbons (Fsp3) is 0.325. The number of hydrogen-bond acceptors (Lipinski definition) is 10. The molecule has 276 valence electrons. The van der Waals surface area contributed by atoms with E-state index in [1.165, 1.54) is 0 Å². The molecule has 4 aromatic rings. The molecule has 13 heteroatoms. The van der Waals surface area contributed by atoms with E-state index in [4.69, 9.17) is 29.8 Å². The molecule has 4 aromatic carbocycles. The molecule has 1 aliphatic heterocycles. The third-order valence-electron chi connectivity index (χ3n) is 8.23. The smallest absolute Gasteiger partial charge is 0.306 e. The number of azide groups is 1. The van der Waals surface area contributed by atoms with Gasteiger partial charge < -0.3 is 19.3 Å². The molecule has 53 heavy (non-hydrogen) atoms. The van der Waals surface area contributed by atoms with Crippen molar-refractivity contribution in [1.82, 2.24) is 10.9 Å². The Morgan fingerprint density at radius 3 is 2.40 bits per heavy atom. The van der Waals surface area contributed by atoms with E-state index >= 15 is 0 Å². The van der Waals surface area contributed by atoms with Crippen molar-refractivity contribution >= 4 is 29.5 Å². The van der Waals surface area contributed by atoms with Gasteiger partial charge in [-0.25, -0.2) is 10.4 Å². The standard InChI is InChI=1S/C40H44N6O6S/c1-39(2,3)52-35(48)22-23-40(38(49)45-42-27-30-13-8-10-17-34(30)53-32-14-5-4-6-15-32)36(33-16-9-7-12-29(33)26-43-46-41)51-37(44-40)28-18-20-31(21-19-28)50-25-11-24-47/h4-10,12-21,36,42,47H,11,22-27H2,1-3H3,(H,45,49)/t36-,40-/m0/s1. The van der Waals surface area contributed by atoms with Gasteiger partial charge in [-0.1, -0.05) is 77.5 Å². The third-order valence-corrected chi connectivity index (χ3v) is 9.35. The first-order valence-electron chi connectivity index (χ1n) is 17.4. The minimum Gasteiger partial charge on any atom is -0.494 e. The zero-order valence-electron chi connectivity index (χ0n) is 30.0. The predicted octanol–water partition coefficient (Wildman–Crippen LogP) is 7.61. The number of ether oxygens (including phenoxy) is 3. The lowest BCUT2D eigenvalue weighted by molar-refractivity contribution is -0.155. The first-order valence-corrected chi connectivity index (χ1v) is 18.2. The average molecular weight is 737 g/mol. The van der Waals surface area contributed by atoms with Crippen molar-refractivity contribution in [3.8, 4) is 5.75 Å². The van der Waals surface area contributed by atoms with Gasteiger partial charge in [0.05, 0.1) is 13.2 Å². The molecule has 0 saturated heterocycles. The molecule has 0 saturated carbocycles. The molecule has 3 N–H and O–H groups in total. The lowest BCUT2D eigenvalue weighted by Gasteiger charge is -2.32. The predicted molar refractivity (Wildman–Crippen MR) is 203 cm³/mol. The minimum absolute atomic E-state index is 0.0135. The molecule has 1 aliphatic rings. The molecule has 0 fully saturated rings. The van der Waals surface area contributed by atoms with Gasteiger partial charge in [0.2, 0.25) is 5.90 Å². The zero-order chi connectivity index (χ0) is 37.7. The Hall–Kier alpha value is -5.33. The lowest BCUT2D eigenvalue weighted by atomic mass is 9.82. The Labute approximate surface area is 313 Å². The summed E-state index contributed by atoms with van der Waals surface area (Å²) in [7, 11) is 0. The second-order valence-electron chi connectivity index (χ2n) is 13.3. The van der Waals surface area contributed by atoms with E-state index in [0.717, 1.165) is 15.4 Å². The molecule has 0 radical (unpaired) electrons. The SMILES string of the molecule is CC(C)(C)OC(=O)CC[C@]1(C(=O)NNCc2ccccc2Sc2ccccc2)N=C(c2ccc(OCCCO)cc2)O[C@H]1c1ccccc1CN=[N+]=[N-]. The van der Waals surface area contributed by atoms with Crippen molar-refractivity contribution in [3.05, 3.63) is 136 Å². The molecule has 12 nitrogen and oxygen atoms in total. The number of aliphatic hydroxyl groups excluding tert-OH is 1. The first kappa shape index (κ1) is 38.9. The largest absolute Gasteiger partial charge is 0.494 e. The molecule has 0 unspecified atom stereocenters. The molecule has 0 spiro atoms. The van der Waals surface area contributed by atoms with Gasteiger partial charge in [0, 0.05) is 46.3 Å². The fourth-order valence-electron chi connectivity index (χ4n) is 5.77. The monoisotopic (exact) mass is 736 g/mol. The summed E-state index contributed by atoms with van der Waals surface area (Å²) in [5.74, 6) is -0.212. The minimum atomic E-state index is -1.65. The number of nitrogens with zero attached hydrogens (tertiary/aromatic N) is 4. The van der Waals surface area contributed by atoms with Gasteiger partial charge in [-0.05, 0) is 91.9 Å². The van der Waals surface area contributed by atoms with Crippen LogP contribution in [0.3, 0.4) is 0 Å². The molecule has 1 heterocycles. The summed E-state index contributed by atoms with van der Waals surface area (Å²) in [6.07, 6.45) is -0.695. The van der Waals surface area contributed by atoms with E-state index in [2.05, 4.69) is 20.9 Å². The Balaban J connectivity index is 1.50. The van der Waals surface area contributed by atoms with Crippen molar-refractivity contribution in [2.24, 2.45) is 10.1 Å². The van der Waals surface area contributed by atoms with Gasteiger partial charge in [0.1, 0.15) is 11.4 Å². The molecule has 0 aliphatic carbocycles. The van der Waals surface area contributed by atoms with Crippen LogP contribution in [0.4, 0.5) is 0 Å². The van der Waals surface area contributed by atoms with Crippen molar-refractivity contribution in [2.75, 3.05) is 13.2 Å². The molecular formula is C40H44N6O6S. The van der Waals surface area contributed by atoms with Gasteiger partial charge in [-0.2, -0.15) is 0 Å². The topological polar surface area (TPSA) is 167 Å². The number of amides is 1. The van der Waals surface area contributed by atoms with Crippen LogP contribution in [0.2, 0.25) is 0 Å². The number of rotatable bonds is 17. The second kappa shape index (κ2) is 18.4. The van der Waals surface area contributed by atoms with Crippen LogP contribution >= 0.6 is 11.8 Å². The summed E-state index contributed by atoms with van der Waals surface area (Å²) in [6.45, 7) is 6.04. The molecule has 0 bridgehead atoms. The number of hydrogen-bond donors (Lipinski definition) is 3. The van der Waals surface area contributed by atoms with Gasteiger partial charge in [-0.15, -0.1) is 0 Å². The maximum absolute atomic E-state index is 14.7. The quantitative estimate of drug-likeness (QED) is 0.0249. The summed E-state index contributed by atoms with van der Waals surface area (Å²) in [4.78, 5) is 37.9. The van der Waals surface area contributed by atoms with E-state index in [-0.39, 0.29) is 31.9 Å². The Morgan fingerprint density at radius 1 is 0.981 bits per heavy atom. The highest BCUT2D eigenvalue weighted by Crippen LogP contribution is 2.44. The number of esters is 1. The van der Waals surface area contributed by atoms with Crippen LogP contribution in [0.25, 0.3) is 10.4 Å². The van der Waals surface area contributed by atoms with E-state index in [1.54, 1.807) is 62.9 Å². The zero-order valence-corrected chi connectivity index (χ0v) is 30.8. The van der Waals surface area contributed by atoms with Crippen LogP contribution in [-0.4, -0.2) is 47.2 Å². The number of carbonyl (C=O) groups is 2. The van der Waals surface area contributed by atoms with E-state index < -0.39 is 29.1 Å². The van der Waals surface area contributed by atoms with Crippen LogP contribution in [0.1, 0.15) is 68.4 Å². The summed E-state index contributed by atoms with van der Waals surface area (Å²) in [5, 5.41) is 12.9. The number of carbonyl (C=O) groups excluding carboxylic acids is 2. The Kier molecular flexibility index (Phi) is 13.5. The maximum Gasteiger partial charge on any atom is 0.306 e. The number of hydrazine groups is 1. The number of nitrogens with one attached hydrogen (secondary N) is 2. The molecule has 0 aromatic heterocycles. The van der Waals surface area contributed by atoms with Crippen LogP contribution < -0.4 is 15.6 Å². The second-order valence-corrected chi connectivity index (χ2v) is 14.4. The van der Waals surface area contributed by atoms with Crippen molar-refractivity contribution in [2.45, 2.75) is 80.2 Å². The highest BCUT2D eigenvalue weighted by molar-refractivity contribution is 7.99. The lowest BCUT2D eigenvalue weighted by Crippen LogP contribution is -2.53. The van der Waals surface area contributed by atoms with Crippen LogP contribution in [0.15, 0.2) is 123 Å². The normalized spacial score (nSPS) is 16.5. The number of benzene rings is 4. The van der Waals surface area contributed by atoms with Gasteiger partial charge in [0.25, 0.3) is 5.91 Å². The van der Waals surface area contributed by atoms with E-state index in [1.807, 2.05) is 72.8 Å². The van der Waals surface area contributed by atoms with Crippen molar-refractivity contribution < 1.29 is 28.9 Å². The summed E-state index contributed by atoms with van der Waals surface area (Å²) >= 11 is 1.62. The summed E-state index contributed by atoms with van der Waals surface area (Å²) in [5.41, 5.74) is 15.5. The van der Waals surface area contributed by atoms with Crippen LogP contribution in [0.5, 0.6) is 5.75 Å². The highest BCUT2D eigenvalue weighted by atomic mass is 32.2. The van der Waals surface area contributed by atoms with E-state index in [0.29, 0.717) is 42.0 Å². The Bertz CT molecular complexity index is 1930. The third kappa shape index (κ3) is 10.6. The number of aliphatic hydroxyl groups is 1. The molecule has 2 atom stereocenters. The fourth-order valence-corrected chi connectivity index (χ4v) is 6.73. The summed E-state index contributed by atoms with van der Waals surface area (Å²) < 4.78 is 18.0.